The van der Waals surface area contributed by atoms with Crippen LogP contribution in [-0.4, -0.2) is 21.5 Å². The Kier molecular flexibility index (Phi) is 3.12. The minimum Gasteiger partial charge on any atom is -0.465 e. The Morgan fingerprint density at radius 2 is 2.20 bits per heavy atom. The number of nitrogens with zero attached hydrogens (tertiary/aromatic N) is 1. The van der Waals surface area contributed by atoms with Gasteiger partial charge >= 0.3 is 16.0 Å². The van der Waals surface area contributed by atoms with E-state index in [1.54, 1.807) is 0 Å². The van der Waals surface area contributed by atoms with E-state index >= 15 is 0 Å². The molecule has 0 fully saturated rings. The van der Waals surface area contributed by atoms with Gasteiger partial charge in [-0.15, -0.1) is 19.8 Å². The number of esters is 1. The van der Waals surface area contributed by atoms with Gasteiger partial charge in [-0.05, 0) is 6.92 Å². The highest BCUT2D eigenvalue weighted by molar-refractivity contribution is 7.93. The third-order valence-electron chi connectivity index (χ3n) is 1.70. The second-order valence-corrected chi connectivity index (χ2v) is 5.22. The number of methoxy groups -OCH3 is 1. The molecule has 0 bridgehead atoms. The van der Waals surface area contributed by atoms with Gasteiger partial charge in [0.2, 0.25) is 0 Å². The largest absolute Gasteiger partial charge is 0.470 e. The number of aryl methyl sites for hydroxylation is 1. The zero-order valence-electron chi connectivity index (χ0n) is 7.97. The first-order valence-electron chi connectivity index (χ1n) is 3.74. The van der Waals surface area contributed by atoms with E-state index < -0.39 is 16.0 Å². The monoisotopic (exact) mass is 245 g/mol. The predicted octanol–water partition coefficient (Wildman–Crippen LogP) is 1.45. The highest BCUT2D eigenvalue weighted by Gasteiger charge is 2.31. The molecule has 80 valence electrons. The zero-order chi connectivity index (χ0) is 11.6. The summed E-state index contributed by atoms with van der Waals surface area (Å²) in [6, 6.07) is 0. The van der Waals surface area contributed by atoms with Crippen molar-refractivity contribution in [2.45, 2.75) is 11.8 Å². The molecular formula is C8H7NO4S2. The van der Waals surface area contributed by atoms with Crippen LogP contribution in [0.3, 0.4) is 0 Å². The number of hydrogen-bond acceptors (Lipinski definition) is 5. The van der Waals surface area contributed by atoms with Crippen LogP contribution in [0.25, 0.3) is 4.25 Å². The van der Waals surface area contributed by atoms with Crippen LogP contribution in [0, 0.1) is 13.5 Å². The molecule has 0 atom stereocenters. The van der Waals surface area contributed by atoms with Crippen molar-refractivity contribution < 1.29 is 17.9 Å². The minimum absolute atomic E-state index is 0.0731. The average molecular weight is 245 g/mol. The molecule has 0 amide bonds. The van der Waals surface area contributed by atoms with Crippen molar-refractivity contribution in [3.8, 4) is 0 Å². The number of hydrogen-bond donors (Lipinski definition) is 0. The summed E-state index contributed by atoms with van der Waals surface area (Å²) in [5.74, 6) is -0.749. The zero-order valence-corrected chi connectivity index (χ0v) is 9.61. The Bertz CT molecular complexity index is 535. The second kappa shape index (κ2) is 4.00. The molecule has 0 N–H and O–H groups in total. The fourth-order valence-electron chi connectivity index (χ4n) is 1.06. The maximum Gasteiger partial charge on any atom is 0.470 e. The first kappa shape index (κ1) is 11.7. The van der Waals surface area contributed by atoms with Gasteiger partial charge in [0.15, 0.2) is 4.90 Å². The molecule has 0 aliphatic carbocycles. The van der Waals surface area contributed by atoms with Gasteiger partial charge in [0.05, 0.1) is 12.7 Å². The number of carbonyl (C=O) groups excluding carboxylic acids is 1. The lowest BCUT2D eigenvalue weighted by Crippen LogP contribution is -2.06. The summed E-state index contributed by atoms with van der Waals surface area (Å²) < 4.78 is 29.7. The van der Waals surface area contributed by atoms with Crippen LogP contribution < -0.4 is 0 Å². The Balaban J connectivity index is 3.49. The molecule has 1 aromatic heterocycles. The molecule has 0 radical (unpaired) electrons. The fourth-order valence-corrected chi connectivity index (χ4v) is 3.20. The third kappa shape index (κ3) is 2.00. The molecule has 15 heavy (non-hydrogen) atoms. The number of rotatable bonds is 2. The first-order valence-corrected chi connectivity index (χ1v) is 6.06. The van der Waals surface area contributed by atoms with Crippen molar-refractivity contribution >= 4 is 27.3 Å². The van der Waals surface area contributed by atoms with Gasteiger partial charge in [-0.25, -0.2) is 11.4 Å². The van der Waals surface area contributed by atoms with Gasteiger partial charge in [-0.2, -0.15) is 4.25 Å². The predicted molar refractivity (Wildman–Crippen MR) is 54.2 cm³/mol. The van der Waals surface area contributed by atoms with E-state index in [0.29, 0.717) is 4.88 Å². The van der Waals surface area contributed by atoms with Gasteiger partial charge in [0, 0.05) is 10.3 Å². The summed E-state index contributed by atoms with van der Waals surface area (Å²) in [5.41, 5.74) is -0.0731. The summed E-state index contributed by atoms with van der Waals surface area (Å²) in [4.78, 5) is 11.4. The molecule has 1 heterocycles. The average Bonchev–Trinajstić information content (AvgIpc) is 2.59. The Hall–Kier alpha value is -1.39. The number of sulfonamides is 1. The maximum absolute atomic E-state index is 11.4. The van der Waals surface area contributed by atoms with Crippen LogP contribution >= 0.6 is 11.3 Å². The van der Waals surface area contributed by atoms with E-state index in [1.807, 2.05) is 0 Å². The number of ether oxygens (including phenoxy) is 1. The molecule has 0 aliphatic heterocycles. The van der Waals surface area contributed by atoms with Crippen molar-refractivity contribution in [1.29, 1.82) is 0 Å². The third-order valence-corrected chi connectivity index (χ3v) is 4.02. The van der Waals surface area contributed by atoms with Crippen molar-refractivity contribution in [3.05, 3.63) is 26.6 Å². The lowest BCUT2D eigenvalue weighted by molar-refractivity contribution is 0.0597. The van der Waals surface area contributed by atoms with E-state index in [1.165, 1.54) is 12.3 Å². The van der Waals surface area contributed by atoms with Crippen LogP contribution in [0.1, 0.15) is 15.2 Å². The molecule has 0 aliphatic rings. The lowest BCUT2D eigenvalue weighted by Gasteiger charge is -1.96. The van der Waals surface area contributed by atoms with Crippen LogP contribution in [0.5, 0.6) is 0 Å². The summed E-state index contributed by atoms with van der Waals surface area (Å²) in [6.45, 7) is 8.10. The molecule has 0 unspecified atom stereocenters. The Labute approximate surface area is 91.2 Å². The molecule has 0 aromatic carbocycles. The summed E-state index contributed by atoms with van der Waals surface area (Å²) >= 11 is 1.09. The molecule has 0 saturated carbocycles. The SMILES string of the molecule is [C-]#[N+]S(=O)(=O)c1c(C(=O)OC)csc1C. The highest BCUT2D eigenvalue weighted by atomic mass is 32.2. The normalized spacial score (nSPS) is 10.7. The van der Waals surface area contributed by atoms with Crippen LogP contribution in [0.15, 0.2) is 10.3 Å². The van der Waals surface area contributed by atoms with Gasteiger partial charge in [-0.3, -0.25) is 0 Å². The summed E-state index contributed by atoms with van der Waals surface area (Å²) in [5, 5.41) is 1.37. The molecule has 0 spiro atoms. The molecule has 0 saturated heterocycles. The Morgan fingerprint density at radius 1 is 1.60 bits per heavy atom. The van der Waals surface area contributed by atoms with Gasteiger partial charge in [0.25, 0.3) is 0 Å². The smallest absolute Gasteiger partial charge is 0.465 e. The quantitative estimate of drug-likeness (QED) is 0.584. The second-order valence-electron chi connectivity index (χ2n) is 2.59. The van der Waals surface area contributed by atoms with Crippen LogP contribution in [0.4, 0.5) is 0 Å². The Morgan fingerprint density at radius 3 is 2.67 bits per heavy atom. The minimum atomic E-state index is -4.07. The summed E-state index contributed by atoms with van der Waals surface area (Å²) in [7, 11) is -2.91. The van der Waals surface area contributed by atoms with E-state index in [0.717, 1.165) is 18.4 Å². The molecule has 5 nitrogen and oxygen atoms in total. The van der Waals surface area contributed by atoms with Crippen molar-refractivity contribution in [2.75, 3.05) is 7.11 Å². The van der Waals surface area contributed by atoms with Crippen LogP contribution in [-0.2, 0) is 14.8 Å². The van der Waals surface area contributed by atoms with Gasteiger partial charge in [0.1, 0.15) is 0 Å². The lowest BCUT2D eigenvalue weighted by atomic mass is 10.3. The van der Waals surface area contributed by atoms with E-state index in [4.69, 9.17) is 6.57 Å². The molecule has 7 heteroatoms. The summed E-state index contributed by atoms with van der Waals surface area (Å²) in [6.07, 6.45) is 0. The van der Waals surface area contributed by atoms with Crippen molar-refractivity contribution in [2.24, 2.45) is 0 Å². The van der Waals surface area contributed by atoms with Crippen molar-refractivity contribution in [1.82, 2.24) is 0 Å². The van der Waals surface area contributed by atoms with E-state index in [2.05, 4.69) is 8.99 Å². The van der Waals surface area contributed by atoms with E-state index in [9.17, 15) is 13.2 Å². The standard InChI is InChI=1S/C8H7NO4S2/c1-5-7(15(11,12)9-2)6(4-14-5)8(10)13-3/h4H,1,3H3. The molecular weight excluding hydrogens is 238 g/mol. The van der Waals surface area contributed by atoms with E-state index in [-0.39, 0.29) is 10.5 Å². The topological polar surface area (TPSA) is 64.8 Å². The maximum atomic E-state index is 11.4. The fraction of sp³-hybridized carbons (Fsp3) is 0.250. The van der Waals surface area contributed by atoms with Gasteiger partial charge in [-0.1, -0.05) is 0 Å². The van der Waals surface area contributed by atoms with Crippen LogP contribution in [0.2, 0.25) is 0 Å². The van der Waals surface area contributed by atoms with Gasteiger partial charge < -0.3 is 4.74 Å². The number of carbonyl (C=O) groups is 1. The van der Waals surface area contributed by atoms with Crippen molar-refractivity contribution in [3.63, 3.8) is 0 Å². The first-order chi connectivity index (χ1) is 6.94. The number of thiophene rings is 1. The molecule has 1 rings (SSSR count). The highest BCUT2D eigenvalue weighted by Crippen LogP contribution is 2.28. The molecule has 1 aromatic rings.